The van der Waals surface area contributed by atoms with Crippen molar-refractivity contribution < 1.29 is 17.5 Å². The monoisotopic (exact) mass is 363 g/mol. The molecule has 6 heteroatoms. The second-order valence-electron chi connectivity index (χ2n) is 6.27. The van der Waals surface area contributed by atoms with Crippen molar-refractivity contribution in [2.24, 2.45) is 0 Å². The Labute approximate surface area is 148 Å². The molecule has 2 aromatic carbocycles. The smallest absolute Gasteiger partial charge is 0.240 e. The molecule has 3 rings (SSSR count). The van der Waals surface area contributed by atoms with Crippen molar-refractivity contribution in [3.05, 3.63) is 65.0 Å². The molecular weight excluding hydrogens is 341 g/mol. The first kappa shape index (κ1) is 18.0. The number of aryl methyl sites for hydroxylation is 2. The standard InChI is InChI=1S/C19H22FNO3S/c1-24-19(16-7-4-8-17(20)11-16)13-21-25(22,23)18-10-9-14-5-2-3-6-15(14)12-18/h4,7-12,19,21H,2-3,5-6,13H2,1H3/t19-/m0/s1. The Hall–Kier alpha value is -1.76. The van der Waals surface area contributed by atoms with Crippen LogP contribution in [-0.2, 0) is 27.6 Å². The van der Waals surface area contributed by atoms with Gasteiger partial charge in [-0.3, -0.25) is 0 Å². The van der Waals surface area contributed by atoms with Crippen molar-refractivity contribution in [1.82, 2.24) is 4.72 Å². The summed E-state index contributed by atoms with van der Waals surface area (Å²) < 4.78 is 46.5. The molecule has 0 radical (unpaired) electrons. The van der Waals surface area contributed by atoms with Crippen molar-refractivity contribution in [3.63, 3.8) is 0 Å². The number of halogens is 1. The van der Waals surface area contributed by atoms with Gasteiger partial charge in [0, 0.05) is 13.7 Å². The van der Waals surface area contributed by atoms with E-state index in [0.717, 1.165) is 31.2 Å². The Kier molecular flexibility index (Phi) is 5.51. The van der Waals surface area contributed by atoms with Crippen LogP contribution >= 0.6 is 0 Å². The number of ether oxygens (including phenoxy) is 1. The molecule has 0 saturated heterocycles. The van der Waals surface area contributed by atoms with Crippen LogP contribution in [0.4, 0.5) is 4.39 Å². The maximum absolute atomic E-state index is 13.4. The highest BCUT2D eigenvalue weighted by Crippen LogP contribution is 2.24. The van der Waals surface area contributed by atoms with Gasteiger partial charge in [0.2, 0.25) is 10.0 Å². The molecule has 0 bridgehead atoms. The van der Waals surface area contributed by atoms with Crippen LogP contribution in [0.2, 0.25) is 0 Å². The number of sulfonamides is 1. The van der Waals surface area contributed by atoms with Crippen molar-refractivity contribution in [2.75, 3.05) is 13.7 Å². The predicted molar refractivity (Wildman–Crippen MR) is 94.4 cm³/mol. The SMILES string of the molecule is CO[C@@H](CNS(=O)(=O)c1ccc2c(c1)CCCC2)c1cccc(F)c1. The van der Waals surface area contributed by atoms with E-state index in [-0.39, 0.29) is 17.3 Å². The van der Waals surface area contributed by atoms with E-state index < -0.39 is 16.1 Å². The van der Waals surface area contributed by atoms with E-state index in [0.29, 0.717) is 5.56 Å². The fraction of sp³-hybridized carbons (Fsp3) is 0.368. The van der Waals surface area contributed by atoms with Crippen LogP contribution in [0, 0.1) is 5.82 Å². The summed E-state index contributed by atoms with van der Waals surface area (Å²) in [5.41, 5.74) is 2.94. The van der Waals surface area contributed by atoms with E-state index in [9.17, 15) is 12.8 Å². The van der Waals surface area contributed by atoms with Gasteiger partial charge in [0.05, 0.1) is 11.0 Å². The van der Waals surface area contributed by atoms with Crippen LogP contribution in [0.5, 0.6) is 0 Å². The molecule has 0 amide bonds. The van der Waals surface area contributed by atoms with Gasteiger partial charge in [0.1, 0.15) is 5.82 Å². The Balaban J connectivity index is 1.74. The summed E-state index contributed by atoms with van der Waals surface area (Å²) in [6.07, 6.45) is 3.62. The lowest BCUT2D eigenvalue weighted by Gasteiger charge is -2.19. The van der Waals surface area contributed by atoms with Gasteiger partial charge in [-0.1, -0.05) is 18.2 Å². The zero-order valence-electron chi connectivity index (χ0n) is 14.2. The van der Waals surface area contributed by atoms with Crippen molar-refractivity contribution in [1.29, 1.82) is 0 Å². The molecule has 0 saturated carbocycles. The van der Waals surface area contributed by atoms with Crippen molar-refractivity contribution in [2.45, 2.75) is 36.7 Å². The quantitative estimate of drug-likeness (QED) is 0.856. The summed E-state index contributed by atoms with van der Waals surface area (Å²) in [4.78, 5) is 0.266. The summed E-state index contributed by atoms with van der Waals surface area (Å²) in [7, 11) is -2.17. The topological polar surface area (TPSA) is 55.4 Å². The lowest BCUT2D eigenvalue weighted by atomic mass is 9.92. The third-order valence-electron chi connectivity index (χ3n) is 4.59. The molecule has 1 N–H and O–H groups in total. The Morgan fingerprint density at radius 2 is 1.88 bits per heavy atom. The fourth-order valence-electron chi connectivity index (χ4n) is 3.19. The van der Waals surface area contributed by atoms with E-state index in [1.54, 1.807) is 24.3 Å². The average Bonchev–Trinajstić information content (AvgIpc) is 2.62. The summed E-state index contributed by atoms with van der Waals surface area (Å²) >= 11 is 0. The zero-order valence-corrected chi connectivity index (χ0v) is 15.0. The van der Waals surface area contributed by atoms with E-state index in [1.807, 2.05) is 6.07 Å². The molecule has 2 aromatic rings. The summed E-state index contributed by atoms with van der Waals surface area (Å²) in [5.74, 6) is -0.378. The molecule has 0 aliphatic heterocycles. The first-order chi connectivity index (χ1) is 12.0. The molecule has 1 aliphatic rings. The zero-order chi connectivity index (χ0) is 17.9. The molecule has 0 unspecified atom stereocenters. The molecule has 1 atom stereocenters. The molecule has 0 spiro atoms. The third kappa shape index (κ3) is 4.26. The van der Waals surface area contributed by atoms with Gasteiger partial charge in [-0.2, -0.15) is 0 Å². The van der Waals surface area contributed by atoms with Gasteiger partial charge in [-0.05, 0) is 66.6 Å². The van der Waals surface area contributed by atoms with Gasteiger partial charge in [0.15, 0.2) is 0 Å². The van der Waals surface area contributed by atoms with E-state index >= 15 is 0 Å². The average molecular weight is 363 g/mol. The van der Waals surface area contributed by atoms with E-state index in [1.165, 1.54) is 24.8 Å². The number of hydrogen-bond donors (Lipinski definition) is 1. The first-order valence-electron chi connectivity index (χ1n) is 8.39. The summed E-state index contributed by atoms with van der Waals surface area (Å²) in [6.45, 7) is 0.0410. The van der Waals surface area contributed by atoms with Gasteiger partial charge in [-0.15, -0.1) is 0 Å². The predicted octanol–water partition coefficient (Wildman–Crippen LogP) is 3.37. The van der Waals surface area contributed by atoms with Crippen molar-refractivity contribution >= 4 is 10.0 Å². The highest BCUT2D eigenvalue weighted by atomic mass is 32.2. The van der Waals surface area contributed by atoms with Gasteiger partial charge >= 0.3 is 0 Å². The van der Waals surface area contributed by atoms with Gasteiger partial charge in [-0.25, -0.2) is 17.5 Å². The molecule has 1 aliphatic carbocycles. The Bertz CT molecular complexity index is 851. The van der Waals surface area contributed by atoms with Crippen LogP contribution in [-0.4, -0.2) is 22.1 Å². The van der Waals surface area contributed by atoms with Crippen LogP contribution < -0.4 is 4.72 Å². The molecule has 0 fully saturated rings. The Morgan fingerprint density at radius 3 is 2.60 bits per heavy atom. The van der Waals surface area contributed by atoms with Crippen LogP contribution in [0.25, 0.3) is 0 Å². The second-order valence-corrected chi connectivity index (χ2v) is 8.04. The molecule has 134 valence electrons. The van der Waals surface area contributed by atoms with Crippen LogP contribution in [0.15, 0.2) is 47.4 Å². The van der Waals surface area contributed by atoms with Gasteiger partial charge in [0.25, 0.3) is 0 Å². The van der Waals surface area contributed by atoms with Crippen LogP contribution in [0.3, 0.4) is 0 Å². The normalized spacial score (nSPS) is 15.6. The minimum absolute atomic E-state index is 0.0410. The number of methoxy groups -OCH3 is 1. The minimum Gasteiger partial charge on any atom is -0.375 e. The number of benzene rings is 2. The molecule has 0 heterocycles. The number of nitrogens with one attached hydrogen (secondary N) is 1. The second kappa shape index (κ2) is 7.64. The first-order valence-corrected chi connectivity index (χ1v) is 9.87. The molecule has 0 aromatic heterocycles. The summed E-state index contributed by atoms with van der Waals surface area (Å²) in [6, 6.07) is 11.3. The lowest BCUT2D eigenvalue weighted by molar-refractivity contribution is 0.107. The maximum atomic E-state index is 13.4. The molecular formula is C19H22FNO3S. The number of rotatable bonds is 6. The summed E-state index contributed by atoms with van der Waals surface area (Å²) in [5, 5.41) is 0. The van der Waals surface area contributed by atoms with E-state index in [4.69, 9.17) is 4.74 Å². The lowest BCUT2D eigenvalue weighted by Crippen LogP contribution is -2.29. The maximum Gasteiger partial charge on any atom is 0.240 e. The minimum atomic E-state index is -3.64. The highest BCUT2D eigenvalue weighted by molar-refractivity contribution is 7.89. The van der Waals surface area contributed by atoms with Crippen molar-refractivity contribution in [3.8, 4) is 0 Å². The third-order valence-corrected chi connectivity index (χ3v) is 6.02. The molecule has 25 heavy (non-hydrogen) atoms. The fourth-order valence-corrected chi connectivity index (χ4v) is 4.27. The molecule has 4 nitrogen and oxygen atoms in total. The number of hydrogen-bond acceptors (Lipinski definition) is 3. The number of fused-ring (bicyclic) bond motifs is 1. The highest BCUT2D eigenvalue weighted by Gasteiger charge is 2.20. The largest absolute Gasteiger partial charge is 0.375 e. The van der Waals surface area contributed by atoms with Gasteiger partial charge < -0.3 is 4.74 Å². The van der Waals surface area contributed by atoms with Crippen LogP contribution in [0.1, 0.15) is 35.6 Å². The van der Waals surface area contributed by atoms with E-state index in [2.05, 4.69) is 4.72 Å². The Morgan fingerprint density at radius 1 is 1.12 bits per heavy atom.